The van der Waals surface area contributed by atoms with E-state index in [9.17, 15) is 24.3 Å². The second kappa shape index (κ2) is 16.0. The lowest BCUT2D eigenvalue weighted by molar-refractivity contribution is -0.147. The van der Waals surface area contributed by atoms with Gasteiger partial charge in [-0.2, -0.15) is 0 Å². The summed E-state index contributed by atoms with van der Waals surface area (Å²) in [5.41, 5.74) is 1.73. The molecule has 0 unspecified atom stereocenters. The normalized spacial score (nSPS) is 19.8. The van der Waals surface area contributed by atoms with Gasteiger partial charge in [0.15, 0.2) is 0 Å². The number of esters is 1. The largest absolute Gasteiger partial charge is 0.462 e. The van der Waals surface area contributed by atoms with Crippen LogP contribution in [0.1, 0.15) is 37.3 Å². The summed E-state index contributed by atoms with van der Waals surface area (Å²) in [6.45, 7) is 1.93. The van der Waals surface area contributed by atoms with Gasteiger partial charge in [-0.1, -0.05) is 72.8 Å². The third kappa shape index (κ3) is 10.2. The number of alkyl carbamates (subject to hydrolysis) is 1. The summed E-state index contributed by atoms with van der Waals surface area (Å²) in [5.74, 6) is -1.89. The van der Waals surface area contributed by atoms with Crippen LogP contribution >= 0.6 is 0 Å². The number of cyclic esters (lactones) is 1. The topological polar surface area (TPSA) is 134 Å². The zero-order valence-corrected chi connectivity index (χ0v) is 22.7. The van der Waals surface area contributed by atoms with Crippen molar-refractivity contribution in [1.29, 1.82) is 0 Å². The van der Waals surface area contributed by atoms with Crippen LogP contribution in [0, 0.1) is 5.92 Å². The van der Waals surface area contributed by atoms with Crippen LogP contribution in [0.2, 0.25) is 0 Å². The molecule has 0 aliphatic carbocycles. The number of aliphatic hydroxyl groups is 1. The van der Waals surface area contributed by atoms with Crippen LogP contribution in [0.3, 0.4) is 0 Å². The molecular weight excluding hydrogens is 514 g/mol. The molecule has 0 saturated carbocycles. The van der Waals surface area contributed by atoms with Crippen molar-refractivity contribution in [1.82, 2.24) is 15.5 Å². The van der Waals surface area contributed by atoms with Crippen molar-refractivity contribution in [2.75, 3.05) is 19.8 Å². The van der Waals surface area contributed by atoms with Crippen molar-refractivity contribution in [2.45, 2.75) is 51.4 Å². The molecule has 10 heteroatoms. The molecule has 0 spiro atoms. The first-order valence-electron chi connectivity index (χ1n) is 13.4. The summed E-state index contributed by atoms with van der Waals surface area (Å²) in [4.78, 5) is 52.7. The molecule has 1 aliphatic rings. The van der Waals surface area contributed by atoms with Crippen LogP contribution < -0.4 is 10.6 Å². The lowest BCUT2D eigenvalue weighted by atomic mass is 9.97. The standard InChI is InChI=1S/C30H37N3O7/c1-22-20-39-29(37)26(32-30(38)40-21-24-12-6-3-7-13-24)15-9-8-14-25(28(36)31-22)18-27(35)33(16-17-34)19-23-10-4-2-5-11-23/h2-13,22,25-26,34H,14-21H2,1H3,(H,31,36)(H,32,38)/t22-,25+,26+/m0/s1. The van der Waals surface area contributed by atoms with Gasteiger partial charge in [0.2, 0.25) is 11.8 Å². The number of benzene rings is 2. The Balaban J connectivity index is 1.63. The number of nitrogens with zero attached hydrogens (tertiary/aromatic N) is 1. The van der Waals surface area contributed by atoms with Crippen LogP contribution in [-0.2, 0) is 37.0 Å². The Hall–Kier alpha value is -4.18. The molecule has 2 aromatic carbocycles. The van der Waals surface area contributed by atoms with Crippen molar-refractivity contribution in [3.8, 4) is 0 Å². The van der Waals surface area contributed by atoms with E-state index in [0.29, 0.717) is 6.54 Å². The quantitative estimate of drug-likeness (QED) is 0.322. The number of allylic oxidation sites excluding steroid dienone is 1. The lowest BCUT2D eigenvalue weighted by Crippen LogP contribution is -2.45. The van der Waals surface area contributed by atoms with Crippen molar-refractivity contribution in [3.63, 3.8) is 0 Å². The van der Waals surface area contributed by atoms with Crippen molar-refractivity contribution >= 4 is 23.9 Å². The number of ether oxygens (including phenoxy) is 2. The van der Waals surface area contributed by atoms with Gasteiger partial charge in [0.05, 0.1) is 18.6 Å². The highest BCUT2D eigenvalue weighted by Crippen LogP contribution is 2.16. The summed E-state index contributed by atoms with van der Waals surface area (Å²) in [6.07, 6.45) is 2.97. The number of carbonyl (C=O) groups excluding carboxylic acids is 4. The minimum absolute atomic E-state index is 0.0526. The number of hydrogen-bond acceptors (Lipinski definition) is 7. The molecule has 0 aromatic heterocycles. The molecule has 3 N–H and O–H groups in total. The first kappa shape index (κ1) is 30.4. The maximum Gasteiger partial charge on any atom is 0.408 e. The fraction of sp³-hybridized carbons (Fsp3) is 0.400. The Morgan fingerprint density at radius 2 is 1.68 bits per heavy atom. The minimum Gasteiger partial charge on any atom is -0.462 e. The van der Waals surface area contributed by atoms with Gasteiger partial charge >= 0.3 is 12.1 Å². The molecule has 1 aliphatic heterocycles. The van der Waals surface area contributed by atoms with Gasteiger partial charge in [0.1, 0.15) is 19.3 Å². The zero-order valence-electron chi connectivity index (χ0n) is 22.7. The molecule has 0 radical (unpaired) electrons. The average molecular weight is 552 g/mol. The highest BCUT2D eigenvalue weighted by molar-refractivity contribution is 5.86. The van der Waals surface area contributed by atoms with E-state index < -0.39 is 30.1 Å². The van der Waals surface area contributed by atoms with Gasteiger partial charge in [0.25, 0.3) is 0 Å². The zero-order chi connectivity index (χ0) is 28.7. The third-order valence-electron chi connectivity index (χ3n) is 6.34. The molecule has 1 heterocycles. The van der Waals surface area contributed by atoms with E-state index in [4.69, 9.17) is 9.47 Å². The summed E-state index contributed by atoms with van der Waals surface area (Å²) < 4.78 is 10.6. The fourth-order valence-electron chi connectivity index (χ4n) is 4.16. The number of nitrogens with one attached hydrogen (secondary N) is 2. The van der Waals surface area contributed by atoms with E-state index in [2.05, 4.69) is 10.6 Å². The molecule has 214 valence electrons. The Kier molecular flexibility index (Phi) is 12.2. The van der Waals surface area contributed by atoms with Crippen molar-refractivity contribution < 1.29 is 33.8 Å². The smallest absolute Gasteiger partial charge is 0.408 e. The predicted molar refractivity (Wildman–Crippen MR) is 148 cm³/mol. The van der Waals surface area contributed by atoms with Crippen molar-refractivity contribution in [3.05, 3.63) is 83.9 Å². The average Bonchev–Trinajstić information content (AvgIpc) is 2.96. The van der Waals surface area contributed by atoms with Gasteiger partial charge < -0.3 is 30.1 Å². The summed E-state index contributed by atoms with van der Waals surface area (Å²) in [5, 5.41) is 14.9. The molecule has 2 aromatic rings. The Labute approximate surface area is 234 Å². The molecule has 3 amide bonds. The number of hydrogen-bond donors (Lipinski definition) is 3. The summed E-state index contributed by atoms with van der Waals surface area (Å²) in [7, 11) is 0. The van der Waals surface area contributed by atoms with Crippen LogP contribution in [0.5, 0.6) is 0 Å². The molecule has 0 saturated heterocycles. The van der Waals surface area contributed by atoms with Gasteiger partial charge in [-0.25, -0.2) is 9.59 Å². The van der Waals surface area contributed by atoms with Crippen LogP contribution in [0.4, 0.5) is 4.79 Å². The third-order valence-corrected chi connectivity index (χ3v) is 6.34. The maximum absolute atomic E-state index is 13.2. The number of aliphatic hydroxyl groups excluding tert-OH is 1. The van der Waals surface area contributed by atoms with E-state index in [1.54, 1.807) is 19.1 Å². The number of carbonyl (C=O) groups is 4. The van der Waals surface area contributed by atoms with Crippen LogP contribution in [0.25, 0.3) is 0 Å². The summed E-state index contributed by atoms with van der Waals surface area (Å²) in [6, 6.07) is 17.1. The monoisotopic (exact) mass is 551 g/mol. The minimum atomic E-state index is -0.979. The van der Waals surface area contributed by atoms with Gasteiger partial charge in [-0.3, -0.25) is 9.59 Å². The highest BCUT2D eigenvalue weighted by atomic mass is 16.6. The van der Waals surface area contributed by atoms with Crippen LogP contribution in [-0.4, -0.2) is 65.7 Å². The molecule has 40 heavy (non-hydrogen) atoms. The van der Waals surface area contributed by atoms with Crippen molar-refractivity contribution in [2.24, 2.45) is 5.92 Å². The molecule has 0 fully saturated rings. The Morgan fingerprint density at radius 1 is 1.02 bits per heavy atom. The molecular formula is C30H37N3O7. The molecule has 0 bridgehead atoms. The predicted octanol–water partition coefficient (Wildman–Crippen LogP) is 2.71. The van der Waals surface area contributed by atoms with E-state index in [-0.39, 0.29) is 57.4 Å². The molecule has 10 nitrogen and oxygen atoms in total. The van der Waals surface area contributed by atoms with E-state index >= 15 is 0 Å². The number of amides is 3. The second-order valence-electron chi connectivity index (χ2n) is 9.67. The molecule has 3 rings (SSSR count). The van der Waals surface area contributed by atoms with Gasteiger partial charge in [-0.15, -0.1) is 0 Å². The van der Waals surface area contributed by atoms with E-state index in [1.807, 2.05) is 60.7 Å². The Bertz CT molecular complexity index is 1140. The maximum atomic E-state index is 13.2. The highest BCUT2D eigenvalue weighted by Gasteiger charge is 2.27. The van der Waals surface area contributed by atoms with Crippen LogP contribution in [0.15, 0.2) is 72.8 Å². The fourth-order valence-corrected chi connectivity index (χ4v) is 4.16. The summed E-state index contributed by atoms with van der Waals surface area (Å²) >= 11 is 0. The second-order valence-corrected chi connectivity index (χ2v) is 9.67. The Morgan fingerprint density at radius 3 is 2.35 bits per heavy atom. The molecule has 3 atom stereocenters. The first-order valence-corrected chi connectivity index (χ1v) is 13.4. The van der Waals surface area contributed by atoms with E-state index in [1.165, 1.54) is 4.90 Å². The number of rotatable bonds is 9. The lowest BCUT2D eigenvalue weighted by Gasteiger charge is -2.25. The SMILES string of the molecule is C[C@H]1COC(=O)[C@H](NC(=O)OCc2ccccc2)CC=CC[C@H](CC(=O)N(CCO)Cc2ccccc2)C(=O)N1. The van der Waals surface area contributed by atoms with Gasteiger partial charge in [0, 0.05) is 19.5 Å². The van der Waals surface area contributed by atoms with Gasteiger partial charge in [-0.05, 0) is 30.9 Å². The first-order chi connectivity index (χ1) is 19.4. The van der Waals surface area contributed by atoms with E-state index in [0.717, 1.165) is 11.1 Å².